The van der Waals surface area contributed by atoms with Crippen molar-refractivity contribution in [2.45, 2.75) is 32.8 Å². The minimum absolute atomic E-state index is 0.597. The van der Waals surface area contributed by atoms with Crippen LogP contribution in [-0.2, 0) is 11.3 Å². The van der Waals surface area contributed by atoms with E-state index in [4.69, 9.17) is 9.15 Å². The fourth-order valence-electron chi connectivity index (χ4n) is 1.38. The van der Waals surface area contributed by atoms with Crippen molar-refractivity contribution in [1.82, 2.24) is 5.32 Å². The van der Waals surface area contributed by atoms with Gasteiger partial charge in [0.2, 0.25) is 0 Å². The molecule has 1 aromatic rings. The van der Waals surface area contributed by atoms with E-state index < -0.39 is 0 Å². The van der Waals surface area contributed by atoms with Crippen LogP contribution in [0.5, 0.6) is 0 Å². The maximum atomic E-state index is 5.47. The highest BCUT2D eigenvalue weighted by Crippen LogP contribution is 2.03. The first kappa shape index (κ1) is 12.3. The van der Waals surface area contributed by atoms with Crippen LogP contribution in [0.3, 0.4) is 0 Å². The number of hydrogen-bond acceptors (Lipinski definition) is 3. The first-order chi connectivity index (χ1) is 7.43. The Morgan fingerprint density at radius 3 is 3.00 bits per heavy atom. The Balaban J connectivity index is 1.81. The van der Waals surface area contributed by atoms with Crippen LogP contribution in [0.4, 0.5) is 0 Å². The van der Waals surface area contributed by atoms with Gasteiger partial charge in [-0.2, -0.15) is 0 Å². The Morgan fingerprint density at radius 1 is 1.33 bits per heavy atom. The lowest BCUT2D eigenvalue weighted by atomic mass is 10.2. The highest BCUT2D eigenvalue weighted by molar-refractivity contribution is 4.95. The van der Waals surface area contributed by atoms with Gasteiger partial charge in [0.25, 0.3) is 0 Å². The zero-order valence-corrected chi connectivity index (χ0v) is 9.50. The van der Waals surface area contributed by atoms with E-state index in [-0.39, 0.29) is 0 Å². The summed E-state index contributed by atoms with van der Waals surface area (Å²) in [5.74, 6) is 0.905. The average Bonchev–Trinajstić information content (AvgIpc) is 2.75. The minimum Gasteiger partial charge on any atom is -0.467 e. The van der Waals surface area contributed by atoms with E-state index in [0.29, 0.717) is 6.61 Å². The molecule has 0 aliphatic rings. The van der Waals surface area contributed by atoms with E-state index in [9.17, 15) is 0 Å². The van der Waals surface area contributed by atoms with Crippen molar-refractivity contribution in [3.05, 3.63) is 24.2 Å². The Kier molecular flexibility index (Phi) is 6.96. The molecule has 0 aliphatic carbocycles. The molecular weight excluding hydrogens is 190 g/mol. The molecule has 0 radical (unpaired) electrons. The molecule has 1 heterocycles. The van der Waals surface area contributed by atoms with Gasteiger partial charge in [0.05, 0.1) is 6.26 Å². The van der Waals surface area contributed by atoms with Crippen LogP contribution >= 0.6 is 0 Å². The smallest absolute Gasteiger partial charge is 0.129 e. The quantitative estimate of drug-likeness (QED) is 0.637. The topological polar surface area (TPSA) is 34.4 Å². The van der Waals surface area contributed by atoms with Gasteiger partial charge in [-0.3, -0.25) is 0 Å². The van der Waals surface area contributed by atoms with E-state index in [1.165, 1.54) is 12.8 Å². The van der Waals surface area contributed by atoms with Gasteiger partial charge in [-0.05, 0) is 44.5 Å². The Labute approximate surface area is 91.8 Å². The minimum atomic E-state index is 0.597. The number of ether oxygens (including phenoxy) is 1. The van der Waals surface area contributed by atoms with Crippen molar-refractivity contribution in [2.75, 3.05) is 19.7 Å². The van der Waals surface area contributed by atoms with E-state index in [1.54, 1.807) is 6.26 Å². The molecule has 1 N–H and O–H groups in total. The molecule has 1 aromatic heterocycles. The van der Waals surface area contributed by atoms with Gasteiger partial charge in [-0.1, -0.05) is 6.92 Å². The van der Waals surface area contributed by atoms with Gasteiger partial charge in [0.15, 0.2) is 0 Å². The van der Waals surface area contributed by atoms with Crippen LogP contribution < -0.4 is 5.32 Å². The first-order valence-corrected chi connectivity index (χ1v) is 5.74. The number of unbranched alkanes of at least 4 members (excludes halogenated alkanes) is 2. The fraction of sp³-hybridized carbons (Fsp3) is 0.667. The molecule has 0 saturated carbocycles. The van der Waals surface area contributed by atoms with Gasteiger partial charge in [0, 0.05) is 6.61 Å². The molecule has 0 bridgehead atoms. The van der Waals surface area contributed by atoms with Crippen molar-refractivity contribution >= 4 is 0 Å². The molecule has 3 heteroatoms. The monoisotopic (exact) mass is 211 g/mol. The first-order valence-electron chi connectivity index (χ1n) is 5.74. The van der Waals surface area contributed by atoms with Crippen LogP contribution in [0.1, 0.15) is 31.9 Å². The third-order valence-corrected chi connectivity index (χ3v) is 2.22. The van der Waals surface area contributed by atoms with E-state index in [1.807, 2.05) is 12.1 Å². The Morgan fingerprint density at radius 2 is 2.27 bits per heavy atom. The zero-order chi connectivity index (χ0) is 10.8. The van der Waals surface area contributed by atoms with Gasteiger partial charge in [-0.15, -0.1) is 0 Å². The predicted octanol–water partition coefficient (Wildman–Crippen LogP) is 2.58. The summed E-state index contributed by atoms with van der Waals surface area (Å²) in [5, 5.41) is 3.31. The average molecular weight is 211 g/mol. The summed E-state index contributed by atoms with van der Waals surface area (Å²) in [4.78, 5) is 0. The van der Waals surface area contributed by atoms with Crippen molar-refractivity contribution in [3.63, 3.8) is 0 Å². The zero-order valence-electron chi connectivity index (χ0n) is 9.50. The molecule has 0 spiro atoms. The number of hydrogen-bond donors (Lipinski definition) is 1. The third-order valence-electron chi connectivity index (χ3n) is 2.22. The molecule has 0 aliphatic heterocycles. The Bertz CT molecular complexity index is 222. The summed E-state index contributed by atoms with van der Waals surface area (Å²) in [6, 6.07) is 3.82. The van der Waals surface area contributed by atoms with Gasteiger partial charge in [0.1, 0.15) is 12.4 Å². The summed E-state index contributed by atoms with van der Waals surface area (Å²) in [5.41, 5.74) is 0. The summed E-state index contributed by atoms with van der Waals surface area (Å²) in [6.07, 6.45) is 5.27. The van der Waals surface area contributed by atoms with E-state index in [2.05, 4.69) is 12.2 Å². The lowest BCUT2D eigenvalue weighted by molar-refractivity contribution is 0.102. The molecule has 0 saturated heterocycles. The molecular formula is C12H21NO2. The molecule has 1 rings (SSSR count). The highest BCUT2D eigenvalue weighted by Gasteiger charge is 1.95. The molecule has 86 valence electrons. The van der Waals surface area contributed by atoms with Crippen LogP contribution in [0.2, 0.25) is 0 Å². The third kappa shape index (κ3) is 6.31. The van der Waals surface area contributed by atoms with Crippen LogP contribution in [-0.4, -0.2) is 19.7 Å². The normalized spacial score (nSPS) is 10.7. The van der Waals surface area contributed by atoms with Crippen molar-refractivity contribution < 1.29 is 9.15 Å². The molecule has 15 heavy (non-hydrogen) atoms. The maximum absolute atomic E-state index is 5.47. The second-order valence-electron chi connectivity index (χ2n) is 3.55. The van der Waals surface area contributed by atoms with Crippen LogP contribution in [0.25, 0.3) is 0 Å². The highest BCUT2D eigenvalue weighted by atomic mass is 16.5. The standard InChI is InChI=1S/C12H21NO2/c1-2-13-8-4-3-5-9-14-11-12-7-6-10-15-12/h6-7,10,13H,2-5,8-9,11H2,1H3. The maximum Gasteiger partial charge on any atom is 0.129 e. The molecule has 0 atom stereocenters. The van der Waals surface area contributed by atoms with Gasteiger partial charge in [-0.25, -0.2) is 0 Å². The molecule has 0 aromatic carbocycles. The van der Waals surface area contributed by atoms with Gasteiger partial charge >= 0.3 is 0 Å². The second-order valence-corrected chi connectivity index (χ2v) is 3.55. The predicted molar refractivity (Wildman–Crippen MR) is 60.8 cm³/mol. The fourth-order valence-corrected chi connectivity index (χ4v) is 1.38. The molecule has 0 amide bonds. The summed E-state index contributed by atoms with van der Waals surface area (Å²) < 4.78 is 10.6. The summed E-state index contributed by atoms with van der Waals surface area (Å²) in [7, 11) is 0. The lowest BCUT2D eigenvalue weighted by Gasteiger charge is -2.03. The largest absolute Gasteiger partial charge is 0.467 e. The number of furan rings is 1. The van der Waals surface area contributed by atoms with Crippen LogP contribution in [0.15, 0.2) is 22.8 Å². The van der Waals surface area contributed by atoms with E-state index in [0.717, 1.165) is 31.9 Å². The van der Waals surface area contributed by atoms with Crippen molar-refractivity contribution in [1.29, 1.82) is 0 Å². The van der Waals surface area contributed by atoms with Crippen molar-refractivity contribution in [2.24, 2.45) is 0 Å². The molecule has 0 fully saturated rings. The van der Waals surface area contributed by atoms with E-state index >= 15 is 0 Å². The molecule has 3 nitrogen and oxygen atoms in total. The van der Waals surface area contributed by atoms with Crippen LogP contribution in [0, 0.1) is 0 Å². The Hall–Kier alpha value is -0.800. The SMILES string of the molecule is CCNCCCCCOCc1ccco1. The number of nitrogens with one attached hydrogen (secondary N) is 1. The summed E-state index contributed by atoms with van der Waals surface area (Å²) in [6.45, 7) is 5.74. The van der Waals surface area contributed by atoms with Crippen molar-refractivity contribution in [3.8, 4) is 0 Å². The molecule has 0 unspecified atom stereocenters. The van der Waals surface area contributed by atoms with Gasteiger partial charge < -0.3 is 14.5 Å². The number of rotatable bonds is 9. The second kappa shape index (κ2) is 8.50. The summed E-state index contributed by atoms with van der Waals surface area (Å²) >= 11 is 0. The lowest BCUT2D eigenvalue weighted by Crippen LogP contribution is -2.13.